The van der Waals surface area contributed by atoms with Crippen LogP contribution in [-0.4, -0.2) is 11.7 Å². The maximum atomic E-state index is 9.27. The van der Waals surface area contributed by atoms with E-state index in [1.54, 1.807) is 12.1 Å². The fourth-order valence-corrected chi connectivity index (χ4v) is 0.875. The molecule has 1 rings (SSSR count). The van der Waals surface area contributed by atoms with Crippen molar-refractivity contribution < 1.29 is 9.84 Å². The third kappa shape index (κ3) is 1.70. The van der Waals surface area contributed by atoms with Gasteiger partial charge in [0, 0.05) is 5.56 Å². The molecule has 2 nitrogen and oxygen atoms in total. The van der Waals surface area contributed by atoms with E-state index in [-0.39, 0.29) is 5.75 Å². The molecular weight excluding hydrogens is 152 g/mol. The molecule has 1 aromatic rings. The lowest BCUT2D eigenvalue weighted by atomic mass is 10.2. The van der Waals surface area contributed by atoms with Gasteiger partial charge in [-0.2, -0.15) is 0 Å². The molecule has 0 spiro atoms. The summed E-state index contributed by atoms with van der Waals surface area (Å²) in [6.45, 7) is 2.36. The standard InChI is InChI=1S/C10H10O2/c1-3-8-5-6-9(11)10(7-8)12-4-2/h1,5-7,11H,4H2,2H3. The molecular formula is C10H10O2. The van der Waals surface area contributed by atoms with Crippen LogP contribution in [0.3, 0.4) is 0 Å². The van der Waals surface area contributed by atoms with Gasteiger partial charge in [-0.05, 0) is 25.1 Å². The molecule has 12 heavy (non-hydrogen) atoms. The van der Waals surface area contributed by atoms with Crippen LogP contribution in [0.15, 0.2) is 18.2 Å². The molecule has 1 N–H and O–H groups in total. The van der Waals surface area contributed by atoms with Crippen LogP contribution < -0.4 is 4.74 Å². The van der Waals surface area contributed by atoms with E-state index in [0.717, 1.165) is 0 Å². The van der Waals surface area contributed by atoms with Crippen molar-refractivity contribution in [3.63, 3.8) is 0 Å². The van der Waals surface area contributed by atoms with E-state index in [0.29, 0.717) is 17.9 Å². The number of hydrogen-bond acceptors (Lipinski definition) is 2. The highest BCUT2D eigenvalue weighted by Crippen LogP contribution is 2.26. The zero-order valence-electron chi connectivity index (χ0n) is 6.87. The van der Waals surface area contributed by atoms with E-state index in [2.05, 4.69) is 5.92 Å². The van der Waals surface area contributed by atoms with Crippen LogP contribution in [0.5, 0.6) is 11.5 Å². The summed E-state index contributed by atoms with van der Waals surface area (Å²) >= 11 is 0. The number of benzene rings is 1. The smallest absolute Gasteiger partial charge is 0.162 e. The monoisotopic (exact) mass is 162 g/mol. The van der Waals surface area contributed by atoms with Gasteiger partial charge in [-0.15, -0.1) is 6.42 Å². The number of aromatic hydroxyl groups is 1. The maximum absolute atomic E-state index is 9.27. The van der Waals surface area contributed by atoms with Crippen LogP contribution >= 0.6 is 0 Å². The van der Waals surface area contributed by atoms with E-state index in [1.165, 1.54) is 6.07 Å². The van der Waals surface area contributed by atoms with Crippen molar-refractivity contribution in [2.75, 3.05) is 6.61 Å². The van der Waals surface area contributed by atoms with Gasteiger partial charge < -0.3 is 9.84 Å². The van der Waals surface area contributed by atoms with Gasteiger partial charge in [-0.1, -0.05) is 5.92 Å². The highest BCUT2D eigenvalue weighted by Gasteiger charge is 2.00. The zero-order valence-corrected chi connectivity index (χ0v) is 6.87. The Hall–Kier alpha value is -1.62. The van der Waals surface area contributed by atoms with Crippen LogP contribution in [0, 0.1) is 12.3 Å². The Labute approximate surface area is 71.8 Å². The number of terminal acetylenes is 1. The van der Waals surface area contributed by atoms with Gasteiger partial charge in [0.1, 0.15) is 0 Å². The number of phenols is 1. The van der Waals surface area contributed by atoms with Crippen LogP contribution in [0.1, 0.15) is 12.5 Å². The summed E-state index contributed by atoms with van der Waals surface area (Å²) in [5, 5.41) is 9.27. The first-order valence-corrected chi connectivity index (χ1v) is 3.70. The van der Waals surface area contributed by atoms with E-state index in [1.807, 2.05) is 6.92 Å². The Morgan fingerprint density at radius 3 is 2.92 bits per heavy atom. The second kappa shape index (κ2) is 3.68. The van der Waals surface area contributed by atoms with E-state index in [9.17, 15) is 5.11 Å². The average molecular weight is 162 g/mol. The minimum Gasteiger partial charge on any atom is -0.504 e. The van der Waals surface area contributed by atoms with Gasteiger partial charge in [0.25, 0.3) is 0 Å². The van der Waals surface area contributed by atoms with Crippen molar-refractivity contribution in [1.29, 1.82) is 0 Å². The van der Waals surface area contributed by atoms with Crippen molar-refractivity contribution >= 4 is 0 Å². The lowest BCUT2D eigenvalue weighted by Crippen LogP contribution is -1.91. The molecule has 0 atom stereocenters. The molecule has 0 bridgehead atoms. The normalized spacial score (nSPS) is 9.00. The molecule has 0 aromatic heterocycles. The molecule has 0 aliphatic heterocycles. The van der Waals surface area contributed by atoms with Crippen molar-refractivity contribution in [3.8, 4) is 23.8 Å². The molecule has 0 unspecified atom stereocenters. The number of phenolic OH excluding ortho intramolecular Hbond substituents is 1. The van der Waals surface area contributed by atoms with Gasteiger partial charge in [-0.3, -0.25) is 0 Å². The molecule has 0 amide bonds. The minimum atomic E-state index is 0.121. The average Bonchev–Trinajstić information content (AvgIpc) is 2.09. The molecule has 0 aliphatic rings. The van der Waals surface area contributed by atoms with Gasteiger partial charge in [0.15, 0.2) is 11.5 Å². The van der Waals surface area contributed by atoms with E-state index >= 15 is 0 Å². The van der Waals surface area contributed by atoms with Crippen molar-refractivity contribution in [2.24, 2.45) is 0 Å². The number of hydrogen-bond donors (Lipinski definition) is 1. The predicted octanol–water partition coefficient (Wildman–Crippen LogP) is 1.77. The lowest BCUT2D eigenvalue weighted by Gasteiger charge is -2.04. The van der Waals surface area contributed by atoms with Crippen molar-refractivity contribution in [3.05, 3.63) is 23.8 Å². The third-order valence-corrected chi connectivity index (χ3v) is 1.43. The van der Waals surface area contributed by atoms with Gasteiger partial charge >= 0.3 is 0 Å². The van der Waals surface area contributed by atoms with E-state index < -0.39 is 0 Å². The van der Waals surface area contributed by atoms with Crippen LogP contribution in [0.25, 0.3) is 0 Å². The Kier molecular flexibility index (Phi) is 2.60. The molecule has 0 saturated carbocycles. The molecule has 1 aromatic carbocycles. The second-order valence-corrected chi connectivity index (χ2v) is 2.26. The van der Waals surface area contributed by atoms with Gasteiger partial charge in [-0.25, -0.2) is 0 Å². The Morgan fingerprint density at radius 2 is 2.33 bits per heavy atom. The fraction of sp³-hybridized carbons (Fsp3) is 0.200. The second-order valence-electron chi connectivity index (χ2n) is 2.26. The highest BCUT2D eigenvalue weighted by molar-refractivity contribution is 5.46. The summed E-state index contributed by atoms with van der Waals surface area (Å²) in [7, 11) is 0. The summed E-state index contributed by atoms with van der Waals surface area (Å²) in [6, 6.07) is 4.83. The first-order valence-electron chi connectivity index (χ1n) is 3.70. The van der Waals surface area contributed by atoms with Crippen molar-refractivity contribution in [1.82, 2.24) is 0 Å². The summed E-state index contributed by atoms with van der Waals surface area (Å²) in [6.07, 6.45) is 5.18. The molecule has 0 saturated heterocycles. The molecule has 0 heterocycles. The summed E-state index contributed by atoms with van der Waals surface area (Å²) in [4.78, 5) is 0. The topological polar surface area (TPSA) is 29.5 Å². The van der Waals surface area contributed by atoms with E-state index in [4.69, 9.17) is 11.2 Å². The molecule has 2 heteroatoms. The third-order valence-electron chi connectivity index (χ3n) is 1.43. The molecule has 0 fully saturated rings. The van der Waals surface area contributed by atoms with Gasteiger partial charge in [0.05, 0.1) is 6.61 Å². The van der Waals surface area contributed by atoms with Gasteiger partial charge in [0.2, 0.25) is 0 Å². The Balaban J connectivity index is 3.01. The lowest BCUT2D eigenvalue weighted by molar-refractivity contribution is 0.318. The minimum absolute atomic E-state index is 0.121. The maximum Gasteiger partial charge on any atom is 0.162 e. The Bertz CT molecular complexity index is 310. The Morgan fingerprint density at radius 1 is 1.58 bits per heavy atom. The van der Waals surface area contributed by atoms with Crippen LogP contribution in [0.2, 0.25) is 0 Å². The highest BCUT2D eigenvalue weighted by atomic mass is 16.5. The summed E-state index contributed by atoms with van der Waals surface area (Å²) in [5.74, 6) is 3.02. The summed E-state index contributed by atoms with van der Waals surface area (Å²) in [5.41, 5.74) is 0.705. The number of ether oxygens (including phenoxy) is 1. The quantitative estimate of drug-likeness (QED) is 0.671. The predicted molar refractivity (Wildman–Crippen MR) is 47.2 cm³/mol. The zero-order chi connectivity index (χ0) is 8.97. The first-order chi connectivity index (χ1) is 5.77. The molecule has 0 aliphatic carbocycles. The van der Waals surface area contributed by atoms with Crippen LogP contribution in [0.4, 0.5) is 0 Å². The molecule has 0 radical (unpaired) electrons. The molecule has 62 valence electrons. The largest absolute Gasteiger partial charge is 0.504 e. The SMILES string of the molecule is C#Cc1ccc(O)c(OCC)c1. The number of rotatable bonds is 2. The van der Waals surface area contributed by atoms with Crippen LogP contribution in [-0.2, 0) is 0 Å². The van der Waals surface area contributed by atoms with Crippen molar-refractivity contribution in [2.45, 2.75) is 6.92 Å². The first kappa shape index (κ1) is 8.48. The summed E-state index contributed by atoms with van der Waals surface area (Å²) < 4.78 is 5.13. The fourth-order valence-electron chi connectivity index (χ4n) is 0.875.